The monoisotopic (exact) mass is 344 g/mol. The first-order valence-electron chi connectivity index (χ1n) is 5.09. The van der Waals surface area contributed by atoms with Gasteiger partial charge in [-0.25, -0.2) is 9.37 Å². The molecule has 4 nitrogen and oxygen atoms in total. The molecule has 0 bridgehead atoms. The van der Waals surface area contributed by atoms with Crippen molar-refractivity contribution in [1.82, 2.24) is 4.98 Å². The Balaban J connectivity index is 2.24. The van der Waals surface area contributed by atoms with Gasteiger partial charge in [0.15, 0.2) is 11.6 Å². The number of halogens is 3. The topological polar surface area (TPSA) is 62.2 Å². The van der Waals surface area contributed by atoms with E-state index in [9.17, 15) is 14.3 Å². The highest BCUT2D eigenvalue weighted by atomic mass is 79.9. The molecule has 0 fully saturated rings. The minimum atomic E-state index is -0.841. The van der Waals surface area contributed by atoms with Gasteiger partial charge >= 0.3 is 0 Å². The van der Waals surface area contributed by atoms with E-state index in [2.05, 4.69) is 26.2 Å². The van der Waals surface area contributed by atoms with E-state index in [1.165, 1.54) is 30.5 Å². The number of aromatic hydroxyl groups is 1. The molecule has 0 atom stereocenters. The van der Waals surface area contributed by atoms with Gasteiger partial charge < -0.3 is 10.4 Å². The summed E-state index contributed by atoms with van der Waals surface area (Å²) in [6.45, 7) is 0. The molecule has 19 heavy (non-hydrogen) atoms. The number of hydrogen-bond donors (Lipinski definition) is 2. The summed E-state index contributed by atoms with van der Waals surface area (Å²) in [5.74, 6) is -2.00. The molecular weight excluding hydrogens is 338 g/mol. The van der Waals surface area contributed by atoms with E-state index in [-0.39, 0.29) is 20.9 Å². The van der Waals surface area contributed by atoms with Gasteiger partial charge in [0.25, 0.3) is 5.91 Å². The lowest BCUT2D eigenvalue weighted by Crippen LogP contribution is -2.12. The zero-order valence-electron chi connectivity index (χ0n) is 9.32. The molecule has 1 amide bonds. The van der Waals surface area contributed by atoms with E-state index >= 15 is 0 Å². The molecular formula is C12H7BrClFN2O2. The quantitative estimate of drug-likeness (QED) is 0.646. The summed E-state index contributed by atoms with van der Waals surface area (Å²) in [5.41, 5.74) is 0.216. The number of anilines is 1. The Kier molecular flexibility index (Phi) is 4.01. The predicted octanol–water partition coefficient (Wildman–Crippen LogP) is 3.59. The number of phenolic OH excluding ortho intramolecular Hbond substituents is 1. The van der Waals surface area contributed by atoms with Crippen LogP contribution in [-0.2, 0) is 0 Å². The van der Waals surface area contributed by atoms with Gasteiger partial charge in [-0.15, -0.1) is 0 Å². The van der Waals surface area contributed by atoms with Gasteiger partial charge in [0.2, 0.25) is 0 Å². The lowest BCUT2D eigenvalue weighted by Gasteiger charge is -2.08. The second-order valence-electron chi connectivity index (χ2n) is 3.58. The Morgan fingerprint density at radius 1 is 1.37 bits per heavy atom. The van der Waals surface area contributed by atoms with E-state index in [0.29, 0.717) is 0 Å². The maximum atomic E-state index is 13.4. The first-order valence-corrected chi connectivity index (χ1v) is 6.26. The number of amides is 1. The third-order valence-electron chi connectivity index (χ3n) is 2.31. The van der Waals surface area contributed by atoms with Crippen LogP contribution >= 0.6 is 27.5 Å². The van der Waals surface area contributed by atoms with E-state index in [0.717, 1.165) is 0 Å². The Labute approximate surface area is 121 Å². The van der Waals surface area contributed by atoms with Gasteiger partial charge in [-0.1, -0.05) is 11.6 Å². The fourth-order valence-corrected chi connectivity index (χ4v) is 1.78. The van der Waals surface area contributed by atoms with Crippen LogP contribution in [0.2, 0.25) is 5.15 Å². The molecule has 0 saturated carbocycles. The fourth-order valence-electron chi connectivity index (χ4n) is 1.35. The molecule has 0 saturated heterocycles. The van der Waals surface area contributed by atoms with Crippen molar-refractivity contribution in [1.29, 1.82) is 0 Å². The largest absolute Gasteiger partial charge is 0.503 e. The Morgan fingerprint density at radius 3 is 2.74 bits per heavy atom. The van der Waals surface area contributed by atoms with Crippen LogP contribution in [0.15, 0.2) is 34.9 Å². The van der Waals surface area contributed by atoms with Gasteiger partial charge in [-0.2, -0.15) is 0 Å². The van der Waals surface area contributed by atoms with Crippen molar-refractivity contribution in [3.05, 3.63) is 51.5 Å². The highest BCUT2D eigenvalue weighted by Gasteiger charge is 2.14. The van der Waals surface area contributed by atoms with Gasteiger partial charge in [0.05, 0.1) is 15.7 Å². The van der Waals surface area contributed by atoms with Crippen molar-refractivity contribution in [3.63, 3.8) is 0 Å². The molecule has 0 unspecified atom stereocenters. The number of rotatable bonds is 2. The second kappa shape index (κ2) is 5.54. The van der Waals surface area contributed by atoms with Crippen LogP contribution in [0.3, 0.4) is 0 Å². The molecule has 1 heterocycles. The maximum absolute atomic E-state index is 13.4. The third-order valence-corrected chi connectivity index (χ3v) is 3.14. The smallest absolute Gasteiger partial charge is 0.257 e. The lowest BCUT2D eigenvalue weighted by atomic mass is 10.2. The van der Waals surface area contributed by atoms with Crippen molar-refractivity contribution >= 4 is 39.1 Å². The molecule has 98 valence electrons. The average molecular weight is 346 g/mol. The van der Waals surface area contributed by atoms with Gasteiger partial charge in [-0.05, 0) is 40.2 Å². The molecule has 1 aromatic carbocycles. The van der Waals surface area contributed by atoms with Crippen molar-refractivity contribution < 1.29 is 14.3 Å². The normalized spacial score (nSPS) is 10.3. The van der Waals surface area contributed by atoms with Crippen LogP contribution in [-0.4, -0.2) is 16.0 Å². The van der Waals surface area contributed by atoms with Gasteiger partial charge in [-0.3, -0.25) is 4.79 Å². The first kappa shape index (κ1) is 13.8. The zero-order valence-corrected chi connectivity index (χ0v) is 11.7. The number of nitrogens with one attached hydrogen (secondary N) is 1. The molecule has 2 aromatic rings. The zero-order chi connectivity index (χ0) is 14.0. The summed E-state index contributed by atoms with van der Waals surface area (Å²) in [6, 6.07) is 5.68. The third kappa shape index (κ3) is 3.02. The first-order chi connectivity index (χ1) is 8.99. The van der Waals surface area contributed by atoms with Crippen LogP contribution in [0.25, 0.3) is 0 Å². The predicted molar refractivity (Wildman–Crippen MR) is 73.0 cm³/mol. The van der Waals surface area contributed by atoms with Gasteiger partial charge in [0.1, 0.15) is 5.15 Å². The average Bonchev–Trinajstić information content (AvgIpc) is 2.40. The molecule has 1 aromatic heterocycles. The summed E-state index contributed by atoms with van der Waals surface area (Å²) >= 11 is 8.53. The number of benzene rings is 1. The van der Waals surface area contributed by atoms with Crippen LogP contribution < -0.4 is 5.32 Å². The highest BCUT2D eigenvalue weighted by Crippen LogP contribution is 2.31. The summed E-state index contributed by atoms with van der Waals surface area (Å²) in [4.78, 5) is 15.6. The van der Waals surface area contributed by atoms with Crippen molar-refractivity contribution in [2.75, 3.05) is 5.32 Å². The molecule has 2 rings (SSSR count). The number of nitrogens with zero attached hydrogens (tertiary/aromatic N) is 1. The number of hydrogen-bond acceptors (Lipinski definition) is 3. The van der Waals surface area contributed by atoms with Crippen molar-refractivity contribution in [2.45, 2.75) is 0 Å². The minimum absolute atomic E-state index is 0.0272. The molecule has 0 spiro atoms. The highest BCUT2D eigenvalue weighted by molar-refractivity contribution is 9.10. The molecule has 0 radical (unpaired) electrons. The summed E-state index contributed by atoms with van der Waals surface area (Å²) < 4.78 is 13.5. The number of carbonyl (C=O) groups excluding carboxylic acids is 1. The summed E-state index contributed by atoms with van der Waals surface area (Å²) in [7, 11) is 0. The van der Waals surface area contributed by atoms with Gasteiger partial charge in [0, 0.05) is 6.20 Å². The van der Waals surface area contributed by atoms with Crippen molar-refractivity contribution in [2.24, 2.45) is 0 Å². The minimum Gasteiger partial charge on any atom is -0.503 e. The molecule has 2 N–H and O–H groups in total. The summed E-state index contributed by atoms with van der Waals surface area (Å²) in [6.07, 6.45) is 1.28. The number of phenols is 1. The van der Waals surface area contributed by atoms with E-state index in [4.69, 9.17) is 11.6 Å². The van der Waals surface area contributed by atoms with E-state index in [1.54, 1.807) is 0 Å². The second-order valence-corrected chi connectivity index (χ2v) is 4.82. The van der Waals surface area contributed by atoms with E-state index < -0.39 is 17.5 Å². The van der Waals surface area contributed by atoms with Crippen LogP contribution in [0, 0.1) is 5.82 Å². The number of pyridine rings is 1. The summed E-state index contributed by atoms with van der Waals surface area (Å²) in [5, 5.41) is 12.2. The van der Waals surface area contributed by atoms with Crippen LogP contribution in [0.1, 0.15) is 10.4 Å². The van der Waals surface area contributed by atoms with E-state index in [1.807, 2.05) is 0 Å². The fraction of sp³-hybridized carbons (Fsp3) is 0. The number of carbonyl (C=O) groups is 1. The Hall–Kier alpha value is -1.66. The number of aromatic nitrogens is 1. The molecule has 0 aliphatic heterocycles. The molecule has 0 aliphatic carbocycles. The SMILES string of the molecule is O=C(Nc1ccc(Br)c(F)c1O)c1ccc(Cl)nc1. The molecule has 0 aliphatic rings. The Bertz CT molecular complexity index is 634. The standard InChI is InChI=1S/C12H7BrClFN2O2/c13-7-2-3-8(11(18)10(7)15)17-12(19)6-1-4-9(14)16-5-6/h1-5,18H,(H,17,19). The maximum Gasteiger partial charge on any atom is 0.257 e. The van der Waals surface area contributed by atoms with Crippen LogP contribution in [0.4, 0.5) is 10.1 Å². The molecule has 7 heteroatoms. The van der Waals surface area contributed by atoms with Crippen LogP contribution in [0.5, 0.6) is 5.75 Å². The lowest BCUT2D eigenvalue weighted by molar-refractivity contribution is 0.102. The Morgan fingerprint density at radius 2 is 2.11 bits per heavy atom. The van der Waals surface area contributed by atoms with Crippen molar-refractivity contribution in [3.8, 4) is 5.75 Å².